The first-order chi connectivity index (χ1) is 13.2. The number of ether oxygens (including phenoxy) is 1. The van der Waals surface area contributed by atoms with Crippen LogP contribution in [0.15, 0.2) is 54.9 Å². The maximum atomic E-state index is 12.2. The van der Waals surface area contributed by atoms with Crippen molar-refractivity contribution in [3.63, 3.8) is 0 Å². The summed E-state index contributed by atoms with van der Waals surface area (Å²) in [4.78, 5) is 18.3. The van der Waals surface area contributed by atoms with Crippen molar-refractivity contribution in [1.82, 2.24) is 15.2 Å². The van der Waals surface area contributed by atoms with E-state index >= 15 is 0 Å². The molecule has 0 radical (unpaired) electrons. The molecule has 2 aromatic rings. The number of β-amino-alcohol motifs (C(OH)–C–C–N with tert-alkyl or cyclic N) is 1. The normalized spacial score (nSPS) is 20.5. The summed E-state index contributed by atoms with van der Waals surface area (Å²) in [6, 6.07) is 11.1. The molecule has 2 heterocycles. The molecule has 1 aromatic heterocycles. The maximum Gasteiger partial charge on any atom is 0.253 e. The smallest absolute Gasteiger partial charge is 0.253 e. The number of likely N-dealkylation sites (tertiary alicyclic amines) is 1. The highest BCUT2D eigenvalue weighted by Crippen LogP contribution is 2.14. The van der Waals surface area contributed by atoms with Crippen LogP contribution in [0.4, 0.5) is 0 Å². The number of rotatable bonds is 6. The van der Waals surface area contributed by atoms with Crippen LogP contribution in [0.2, 0.25) is 0 Å². The number of carbonyl (C=O) groups is 1. The quantitative estimate of drug-likeness (QED) is 0.817. The first-order valence-electron chi connectivity index (χ1n) is 9.07. The van der Waals surface area contributed by atoms with Crippen molar-refractivity contribution in [1.29, 1.82) is 0 Å². The number of amides is 1. The summed E-state index contributed by atoms with van der Waals surface area (Å²) in [7, 11) is 1.65. The van der Waals surface area contributed by atoms with E-state index in [-0.39, 0.29) is 11.9 Å². The fourth-order valence-electron chi connectivity index (χ4n) is 3.13. The average Bonchev–Trinajstić information content (AvgIpc) is 2.71. The van der Waals surface area contributed by atoms with Crippen LogP contribution in [0.5, 0.6) is 5.75 Å². The molecule has 1 saturated heterocycles. The number of aliphatic hydroxyl groups is 1. The van der Waals surface area contributed by atoms with E-state index in [1.54, 1.807) is 25.4 Å². The monoisotopic (exact) mass is 367 g/mol. The van der Waals surface area contributed by atoms with Crippen molar-refractivity contribution < 1.29 is 14.6 Å². The molecule has 0 aliphatic carbocycles. The SMILES string of the molecule is COc1ccc(/C=C/CN2CC[C@@H](NC(=O)c3cccnc3)[C@H](O)C2)cc1. The van der Waals surface area contributed by atoms with Gasteiger partial charge in [0, 0.05) is 32.0 Å². The van der Waals surface area contributed by atoms with Gasteiger partial charge in [0.25, 0.3) is 5.91 Å². The highest BCUT2D eigenvalue weighted by molar-refractivity contribution is 5.94. The van der Waals surface area contributed by atoms with Gasteiger partial charge in [-0.05, 0) is 36.2 Å². The Labute approximate surface area is 159 Å². The minimum Gasteiger partial charge on any atom is -0.497 e. The Bertz CT molecular complexity index is 762. The minimum atomic E-state index is -0.589. The second kappa shape index (κ2) is 9.30. The Hall–Kier alpha value is -2.70. The molecular formula is C21H25N3O3. The molecule has 2 atom stereocenters. The fraction of sp³-hybridized carbons (Fsp3) is 0.333. The fourth-order valence-corrected chi connectivity index (χ4v) is 3.13. The number of aliphatic hydroxyl groups excluding tert-OH is 1. The molecule has 2 N–H and O–H groups in total. The van der Waals surface area contributed by atoms with Crippen molar-refractivity contribution in [2.24, 2.45) is 0 Å². The van der Waals surface area contributed by atoms with E-state index in [0.29, 0.717) is 18.5 Å². The molecule has 3 rings (SSSR count). The van der Waals surface area contributed by atoms with Gasteiger partial charge in [0.1, 0.15) is 5.75 Å². The molecule has 142 valence electrons. The molecule has 1 aliphatic rings. The number of pyridine rings is 1. The molecule has 1 amide bonds. The topological polar surface area (TPSA) is 74.7 Å². The van der Waals surface area contributed by atoms with E-state index in [1.807, 2.05) is 24.3 Å². The van der Waals surface area contributed by atoms with Gasteiger partial charge in [0.2, 0.25) is 0 Å². The van der Waals surface area contributed by atoms with Gasteiger partial charge in [-0.2, -0.15) is 0 Å². The molecule has 1 aliphatic heterocycles. The van der Waals surface area contributed by atoms with Crippen LogP contribution >= 0.6 is 0 Å². The molecule has 0 saturated carbocycles. The van der Waals surface area contributed by atoms with E-state index in [9.17, 15) is 9.90 Å². The first kappa shape index (κ1) is 19.1. The third kappa shape index (κ3) is 5.39. The van der Waals surface area contributed by atoms with Gasteiger partial charge in [-0.1, -0.05) is 24.3 Å². The summed E-state index contributed by atoms with van der Waals surface area (Å²) in [5, 5.41) is 13.3. The number of hydrogen-bond donors (Lipinski definition) is 2. The number of nitrogens with zero attached hydrogens (tertiary/aromatic N) is 2. The lowest BCUT2D eigenvalue weighted by Gasteiger charge is -2.35. The number of hydrogen-bond acceptors (Lipinski definition) is 5. The lowest BCUT2D eigenvalue weighted by Crippen LogP contribution is -2.54. The zero-order chi connectivity index (χ0) is 19.1. The Morgan fingerprint density at radius 1 is 1.37 bits per heavy atom. The van der Waals surface area contributed by atoms with Crippen LogP contribution < -0.4 is 10.1 Å². The molecule has 0 spiro atoms. The largest absolute Gasteiger partial charge is 0.497 e. The molecule has 27 heavy (non-hydrogen) atoms. The lowest BCUT2D eigenvalue weighted by molar-refractivity contribution is 0.0422. The summed E-state index contributed by atoms with van der Waals surface area (Å²) in [5.41, 5.74) is 1.62. The van der Waals surface area contributed by atoms with Crippen LogP contribution in [-0.2, 0) is 0 Å². The molecule has 6 nitrogen and oxygen atoms in total. The predicted octanol–water partition coefficient (Wildman–Crippen LogP) is 1.97. The van der Waals surface area contributed by atoms with Crippen LogP contribution in [-0.4, -0.2) is 59.8 Å². The lowest BCUT2D eigenvalue weighted by atomic mass is 10.0. The Kier molecular flexibility index (Phi) is 6.57. The van der Waals surface area contributed by atoms with Gasteiger partial charge in [0.05, 0.1) is 24.8 Å². The predicted molar refractivity (Wildman–Crippen MR) is 105 cm³/mol. The highest BCUT2D eigenvalue weighted by atomic mass is 16.5. The molecule has 0 unspecified atom stereocenters. The zero-order valence-corrected chi connectivity index (χ0v) is 15.4. The third-order valence-electron chi connectivity index (χ3n) is 4.70. The van der Waals surface area contributed by atoms with Gasteiger partial charge in [-0.25, -0.2) is 0 Å². The van der Waals surface area contributed by atoms with E-state index in [1.165, 1.54) is 6.20 Å². The number of methoxy groups -OCH3 is 1. The number of benzene rings is 1. The van der Waals surface area contributed by atoms with Gasteiger partial charge >= 0.3 is 0 Å². The number of carbonyl (C=O) groups excluding carboxylic acids is 1. The van der Waals surface area contributed by atoms with E-state index in [2.05, 4.69) is 27.4 Å². The van der Waals surface area contributed by atoms with Gasteiger partial charge < -0.3 is 15.2 Å². The average molecular weight is 367 g/mol. The van der Waals surface area contributed by atoms with Crippen molar-refractivity contribution in [2.45, 2.75) is 18.6 Å². The summed E-state index contributed by atoms with van der Waals surface area (Å²) < 4.78 is 5.15. The molecule has 0 bridgehead atoms. The van der Waals surface area contributed by atoms with Crippen LogP contribution in [0.3, 0.4) is 0 Å². The van der Waals surface area contributed by atoms with E-state index in [4.69, 9.17) is 4.74 Å². The Balaban J connectivity index is 1.46. The highest BCUT2D eigenvalue weighted by Gasteiger charge is 2.28. The molecule has 1 aromatic carbocycles. The summed E-state index contributed by atoms with van der Waals surface area (Å²) >= 11 is 0. The second-order valence-electron chi connectivity index (χ2n) is 6.61. The summed E-state index contributed by atoms with van der Waals surface area (Å²) in [5.74, 6) is 0.644. The van der Waals surface area contributed by atoms with Crippen molar-refractivity contribution >= 4 is 12.0 Å². The zero-order valence-electron chi connectivity index (χ0n) is 15.4. The van der Waals surface area contributed by atoms with Crippen LogP contribution in [0, 0.1) is 0 Å². The van der Waals surface area contributed by atoms with E-state index in [0.717, 1.165) is 24.4 Å². The second-order valence-corrected chi connectivity index (χ2v) is 6.61. The Morgan fingerprint density at radius 3 is 2.85 bits per heavy atom. The minimum absolute atomic E-state index is 0.194. The molecular weight excluding hydrogens is 342 g/mol. The number of aromatic nitrogens is 1. The first-order valence-corrected chi connectivity index (χ1v) is 9.07. The van der Waals surface area contributed by atoms with Crippen LogP contribution in [0.25, 0.3) is 6.08 Å². The Morgan fingerprint density at radius 2 is 2.19 bits per heavy atom. The molecule has 6 heteroatoms. The van der Waals surface area contributed by atoms with Crippen molar-refractivity contribution in [3.05, 3.63) is 66.0 Å². The van der Waals surface area contributed by atoms with Crippen molar-refractivity contribution in [2.75, 3.05) is 26.7 Å². The van der Waals surface area contributed by atoms with Gasteiger partial charge in [-0.15, -0.1) is 0 Å². The maximum absolute atomic E-state index is 12.2. The number of piperidine rings is 1. The van der Waals surface area contributed by atoms with Crippen molar-refractivity contribution in [3.8, 4) is 5.75 Å². The summed E-state index contributed by atoms with van der Waals surface area (Å²) in [6.07, 6.45) is 7.42. The number of nitrogens with one attached hydrogen (secondary N) is 1. The third-order valence-corrected chi connectivity index (χ3v) is 4.70. The van der Waals surface area contributed by atoms with Gasteiger partial charge in [-0.3, -0.25) is 14.7 Å². The summed E-state index contributed by atoms with van der Waals surface area (Å²) in [6.45, 7) is 2.11. The van der Waals surface area contributed by atoms with E-state index < -0.39 is 6.10 Å². The van der Waals surface area contributed by atoms with Gasteiger partial charge in [0.15, 0.2) is 0 Å². The molecule has 1 fully saturated rings. The van der Waals surface area contributed by atoms with Crippen LogP contribution in [0.1, 0.15) is 22.3 Å². The standard InChI is InChI=1S/C21H25N3O3/c1-27-18-8-6-16(7-9-18)4-3-12-24-13-10-19(20(25)15-24)23-21(26)17-5-2-11-22-14-17/h2-9,11,14,19-20,25H,10,12-13,15H2,1H3,(H,23,26)/b4-3+/t19-,20-/m1/s1.